The topological polar surface area (TPSA) is 108 Å². The van der Waals surface area contributed by atoms with Gasteiger partial charge in [-0.05, 0) is 70.6 Å². The first-order valence-corrected chi connectivity index (χ1v) is 32.6. The molecule has 0 aromatic rings. The summed E-state index contributed by atoms with van der Waals surface area (Å²) in [6.45, 7) is 4.63. The summed E-state index contributed by atoms with van der Waals surface area (Å²) < 4.78 is 23.4. The van der Waals surface area contributed by atoms with Crippen LogP contribution in [0.15, 0.2) is 60.8 Å². The predicted molar refractivity (Wildman–Crippen MR) is 316 cm³/mol. The number of carbonyl (C=O) groups is 1. The molecule has 0 rings (SSSR count). The molecule has 2 N–H and O–H groups in total. The number of quaternary nitrogens is 1. The van der Waals surface area contributed by atoms with Crippen molar-refractivity contribution in [3.05, 3.63) is 60.8 Å². The molecule has 428 valence electrons. The van der Waals surface area contributed by atoms with E-state index in [1.165, 1.54) is 205 Å². The van der Waals surface area contributed by atoms with Gasteiger partial charge in [-0.2, -0.15) is 0 Å². The van der Waals surface area contributed by atoms with E-state index in [4.69, 9.17) is 9.05 Å². The zero-order valence-corrected chi connectivity index (χ0v) is 49.7. The maximum Gasteiger partial charge on any atom is 0.268 e. The van der Waals surface area contributed by atoms with Gasteiger partial charge in [0.25, 0.3) is 7.82 Å². The highest BCUT2D eigenvalue weighted by Gasteiger charge is 2.23. The summed E-state index contributed by atoms with van der Waals surface area (Å²) in [6.07, 6.45) is 74.6. The van der Waals surface area contributed by atoms with Gasteiger partial charge in [0.1, 0.15) is 13.2 Å². The number of phosphoric ester groups is 1. The Bertz CT molecular complexity index is 1370. The van der Waals surface area contributed by atoms with E-state index in [-0.39, 0.29) is 12.5 Å². The Labute approximate surface area is 453 Å². The smallest absolute Gasteiger partial charge is 0.268 e. The van der Waals surface area contributed by atoms with Crippen LogP contribution < -0.4 is 10.2 Å². The number of allylic oxidation sites excluding steroid dienone is 9. The average Bonchev–Trinajstić information content (AvgIpc) is 3.35. The number of likely N-dealkylation sites (N-methyl/N-ethyl adjacent to an activating group) is 1. The summed E-state index contributed by atoms with van der Waals surface area (Å²) >= 11 is 0. The van der Waals surface area contributed by atoms with Crippen LogP contribution in [0.2, 0.25) is 0 Å². The van der Waals surface area contributed by atoms with Gasteiger partial charge in [0, 0.05) is 6.42 Å². The normalized spacial score (nSPS) is 14.2. The first-order chi connectivity index (χ1) is 35.5. The lowest BCUT2D eigenvalue weighted by Crippen LogP contribution is -2.45. The summed E-state index contributed by atoms with van der Waals surface area (Å²) in [4.78, 5) is 25.5. The van der Waals surface area contributed by atoms with Crippen molar-refractivity contribution in [1.82, 2.24) is 5.32 Å². The maximum absolute atomic E-state index is 13.0. The maximum atomic E-state index is 13.0. The summed E-state index contributed by atoms with van der Waals surface area (Å²) in [6, 6.07) is -0.914. The molecule has 0 saturated heterocycles. The van der Waals surface area contributed by atoms with Gasteiger partial charge >= 0.3 is 0 Å². The van der Waals surface area contributed by atoms with E-state index in [1.54, 1.807) is 6.08 Å². The molecule has 0 aromatic heterocycles. The van der Waals surface area contributed by atoms with Gasteiger partial charge in [0.15, 0.2) is 0 Å². The van der Waals surface area contributed by atoms with Crippen molar-refractivity contribution in [2.75, 3.05) is 40.9 Å². The number of unbranched alkanes of at least 4 members (excludes halogenated alkanes) is 36. The highest BCUT2D eigenvalue weighted by Crippen LogP contribution is 2.38. The van der Waals surface area contributed by atoms with Crippen molar-refractivity contribution in [3.63, 3.8) is 0 Å². The fourth-order valence-electron chi connectivity index (χ4n) is 9.06. The van der Waals surface area contributed by atoms with Crippen LogP contribution in [0.1, 0.15) is 290 Å². The Hall–Kier alpha value is -1.80. The van der Waals surface area contributed by atoms with E-state index in [0.717, 1.165) is 64.2 Å². The van der Waals surface area contributed by atoms with Crippen molar-refractivity contribution in [1.29, 1.82) is 0 Å². The number of nitrogens with one attached hydrogen (secondary N) is 1. The third-order valence-corrected chi connectivity index (χ3v) is 14.9. The Morgan fingerprint density at radius 3 is 1.21 bits per heavy atom. The number of phosphoric acid groups is 1. The van der Waals surface area contributed by atoms with E-state index >= 15 is 0 Å². The first kappa shape index (κ1) is 71.2. The van der Waals surface area contributed by atoms with Gasteiger partial charge in [-0.15, -0.1) is 0 Å². The number of amides is 1. The minimum atomic E-state index is -4.61. The number of aliphatic hydroxyl groups excluding tert-OH is 1. The number of hydrogen-bond acceptors (Lipinski definition) is 6. The average molecular weight is 1050 g/mol. The zero-order valence-electron chi connectivity index (χ0n) is 48.8. The van der Waals surface area contributed by atoms with Gasteiger partial charge < -0.3 is 28.8 Å². The number of hydrogen-bond donors (Lipinski definition) is 2. The van der Waals surface area contributed by atoms with Crippen molar-refractivity contribution < 1.29 is 32.9 Å². The molecule has 0 fully saturated rings. The van der Waals surface area contributed by atoms with Crippen LogP contribution in [0.4, 0.5) is 0 Å². The second-order valence-electron chi connectivity index (χ2n) is 22.4. The molecule has 0 aliphatic heterocycles. The van der Waals surface area contributed by atoms with Gasteiger partial charge in [0.05, 0.1) is 39.9 Å². The molecule has 1 amide bonds. The molecule has 73 heavy (non-hydrogen) atoms. The molecular formula is C64H121N2O6P. The largest absolute Gasteiger partial charge is 0.756 e. The summed E-state index contributed by atoms with van der Waals surface area (Å²) in [5.41, 5.74) is 0. The summed E-state index contributed by atoms with van der Waals surface area (Å²) in [7, 11) is 1.23. The van der Waals surface area contributed by atoms with Crippen molar-refractivity contribution in [2.45, 2.75) is 302 Å². The molecule has 0 aliphatic rings. The van der Waals surface area contributed by atoms with Crippen LogP contribution in [0.5, 0.6) is 0 Å². The molecule has 0 radical (unpaired) electrons. The van der Waals surface area contributed by atoms with E-state index in [2.05, 4.69) is 67.8 Å². The zero-order chi connectivity index (χ0) is 53.5. The lowest BCUT2D eigenvalue weighted by atomic mass is 10.0. The Kier molecular flexibility index (Phi) is 53.6. The van der Waals surface area contributed by atoms with Crippen LogP contribution >= 0.6 is 7.82 Å². The predicted octanol–water partition coefficient (Wildman–Crippen LogP) is 18.6. The van der Waals surface area contributed by atoms with Crippen LogP contribution in [0.25, 0.3) is 0 Å². The first-order valence-electron chi connectivity index (χ1n) is 31.2. The van der Waals surface area contributed by atoms with E-state index in [9.17, 15) is 19.4 Å². The van der Waals surface area contributed by atoms with Crippen molar-refractivity contribution in [3.8, 4) is 0 Å². The SMILES string of the molecule is CCCCCCC/C=C\C/C=C\C/C=C\CCCCCCCCC(=O)NC(COP(=O)([O-])OCC[N+](C)(C)C)C(O)/C=C/CC/C=C/CCCCCCCCCCCCCCCCCCCCCCCCCC. The molecule has 0 aliphatic carbocycles. The Morgan fingerprint density at radius 2 is 0.808 bits per heavy atom. The second-order valence-corrected chi connectivity index (χ2v) is 23.8. The molecule has 3 atom stereocenters. The van der Waals surface area contributed by atoms with E-state index < -0.39 is 26.6 Å². The van der Waals surface area contributed by atoms with Gasteiger partial charge in [-0.3, -0.25) is 9.36 Å². The Morgan fingerprint density at radius 1 is 0.479 bits per heavy atom. The molecule has 0 aromatic carbocycles. The van der Waals surface area contributed by atoms with Gasteiger partial charge in [0.2, 0.25) is 5.91 Å². The molecular weight excluding hydrogens is 924 g/mol. The summed E-state index contributed by atoms with van der Waals surface area (Å²) in [5.74, 6) is -0.218. The quantitative estimate of drug-likeness (QED) is 0.0272. The number of carbonyl (C=O) groups excluding carboxylic acids is 1. The lowest BCUT2D eigenvalue weighted by Gasteiger charge is -2.29. The van der Waals surface area contributed by atoms with Crippen molar-refractivity contribution >= 4 is 13.7 Å². The fourth-order valence-corrected chi connectivity index (χ4v) is 9.78. The van der Waals surface area contributed by atoms with Crippen LogP contribution in [-0.2, 0) is 18.4 Å². The number of aliphatic hydroxyl groups is 1. The molecule has 0 spiro atoms. The molecule has 9 heteroatoms. The lowest BCUT2D eigenvalue weighted by molar-refractivity contribution is -0.870. The third kappa shape index (κ3) is 57.7. The third-order valence-electron chi connectivity index (χ3n) is 13.9. The van der Waals surface area contributed by atoms with Crippen LogP contribution in [0.3, 0.4) is 0 Å². The number of nitrogens with zero attached hydrogens (tertiary/aromatic N) is 1. The monoisotopic (exact) mass is 1040 g/mol. The van der Waals surface area contributed by atoms with Crippen molar-refractivity contribution in [2.24, 2.45) is 0 Å². The summed E-state index contributed by atoms with van der Waals surface area (Å²) in [5, 5.41) is 13.9. The van der Waals surface area contributed by atoms with E-state index in [1.807, 2.05) is 27.2 Å². The second kappa shape index (κ2) is 55.0. The molecule has 3 unspecified atom stereocenters. The van der Waals surface area contributed by atoms with Crippen LogP contribution in [-0.4, -0.2) is 68.5 Å². The minimum absolute atomic E-state index is 0.0110. The molecule has 0 bridgehead atoms. The minimum Gasteiger partial charge on any atom is -0.756 e. The van der Waals surface area contributed by atoms with Gasteiger partial charge in [-0.1, -0.05) is 274 Å². The number of rotatable bonds is 57. The highest BCUT2D eigenvalue weighted by molar-refractivity contribution is 7.45. The Balaban J connectivity index is 4.20. The van der Waals surface area contributed by atoms with Crippen LogP contribution in [0, 0.1) is 0 Å². The molecule has 8 nitrogen and oxygen atoms in total. The fraction of sp³-hybridized carbons (Fsp3) is 0.828. The van der Waals surface area contributed by atoms with E-state index in [0.29, 0.717) is 17.4 Å². The highest BCUT2D eigenvalue weighted by atomic mass is 31.2. The molecule has 0 heterocycles. The molecule has 0 saturated carbocycles. The standard InChI is InChI=1S/C64H121N2O6P/c1-6-8-10-12-14-16-18-20-22-24-26-28-29-30-31-32-33-34-35-36-38-39-41-43-45-47-49-51-53-55-57-63(67)62(61-72-73(69,70)71-60-59-66(3,4)5)65-64(68)58-56-54-52-50-48-46-44-42-40-37-27-25-23-21-19-17-15-13-11-9-7-2/h19,21,25,27,40,42,47,49,55,57,62-63,67H,6-18,20,22-24,26,28-39,41,43-46,48,50-54,56,58-61H2,1-5H3,(H-,65,68,69,70)/b21-19-,27-25-,42-40-,49-47+,57-55+. The van der Waals surface area contributed by atoms with Gasteiger partial charge in [-0.25, -0.2) is 0 Å².